The van der Waals surface area contributed by atoms with Crippen molar-refractivity contribution in [2.75, 3.05) is 5.32 Å². The standard InChI is InChI=1S/C13H19N3O5/c1-4-6-15-7-5-8-14-12(2,10(18)19)9(17)13(3,21)16(8)11(15)20/h5,7,9,17,21H,4,6H2,1-3H3,(H,18,19)/p+1/t9-,12-,13+/m0/s1. The molecule has 0 spiro atoms. The minimum absolute atomic E-state index is 0.146. The van der Waals surface area contributed by atoms with E-state index in [1.165, 1.54) is 30.7 Å². The van der Waals surface area contributed by atoms with Gasteiger partial charge in [0, 0.05) is 13.0 Å². The Balaban J connectivity index is 2.69. The highest BCUT2D eigenvalue weighted by Crippen LogP contribution is 2.34. The third-order valence-corrected chi connectivity index (χ3v) is 3.90. The van der Waals surface area contributed by atoms with Crippen molar-refractivity contribution in [1.82, 2.24) is 4.57 Å². The number of rotatable bonds is 3. The number of hydrogen-bond donors (Lipinski definition) is 4. The van der Waals surface area contributed by atoms with E-state index in [-0.39, 0.29) is 5.82 Å². The Morgan fingerprint density at radius 1 is 1.52 bits per heavy atom. The molecule has 4 N–H and O–H groups in total. The van der Waals surface area contributed by atoms with E-state index in [1.807, 2.05) is 6.92 Å². The lowest BCUT2D eigenvalue weighted by Crippen LogP contribution is -2.70. The molecule has 1 aliphatic rings. The van der Waals surface area contributed by atoms with Crippen LogP contribution >= 0.6 is 0 Å². The van der Waals surface area contributed by atoms with Crippen LogP contribution in [0.4, 0.5) is 5.82 Å². The van der Waals surface area contributed by atoms with Crippen molar-refractivity contribution in [2.45, 2.75) is 51.1 Å². The van der Waals surface area contributed by atoms with Gasteiger partial charge in [-0.05, 0) is 13.3 Å². The minimum atomic E-state index is -2.04. The molecule has 2 heterocycles. The van der Waals surface area contributed by atoms with E-state index in [0.717, 1.165) is 11.0 Å². The van der Waals surface area contributed by atoms with Crippen molar-refractivity contribution in [3.63, 3.8) is 0 Å². The zero-order valence-corrected chi connectivity index (χ0v) is 12.2. The van der Waals surface area contributed by atoms with E-state index in [9.17, 15) is 24.9 Å². The van der Waals surface area contributed by atoms with Crippen molar-refractivity contribution in [3.8, 4) is 0 Å². The molecule has 8 nitrogen and oxygen atoms in total. The number of aliphatic hydroxyl groups excluding tert-OH is 1. The molecule has 1 aromatic rings. The number of nitrogens with one attached hydrogen (secondary N) is 1. The second-order valence-electron chi connectivity index (χ2n) is 5.64. The first-order valence-corrected chi connectivity index (χ1v) is 6.74. The van der Waals surface area contributed by atoms with Crippen LogP contribution in [0.15, 0.2) is 17.1 Å². The summed E-state index contributed by atoms with van der Waals surface area (Å²) in [4.78, 5) is 23.8. The molecular weight excluding hydrogens is 278 g/mol. The van der Waals surface area contributed by atoms with E-state index >= 15 is 0 Å². The number of aliphatic carboxylic acids is 1. The predicted molar refractivity (Wildman–Crippen MR) is 72.7 cm³/mol. The van der Waals surface area contributed by atoms with Gasteiger partial charge in [0.1, 0.15) is 0 Å². The first kappa shape index (κ1) is 15.5. The Kier molecular flexibility index (Phi) is 3.54. The van der Waals surface area contributed by atoms with Gasteiger partial charge in [-0.1, -0.05) is 6.92 Å². The molecule has 0 saturated heterocycles. The maximum absolute atomic E-state index is 12.4. The lowest BCUT2D eigenvalue weighted by atomic mass is 9.85. The number of aromatic nitrogens is 2. The molecule has 21 heavy (non-hydrogen) atoms. The fraction of sp³-hybridized carbons (Fsp3) is 0.615. The Hall–Kier alpha value is -1.93. The van der Waals surface area contributed by atoms with E-state index in [0.29, 0.717) is 6.54 Å². The number of nitrogens with zero attached hydrogens (tertiary/aromatic N) is 2. The summed E-state index contributed by atoms with van der Waals surface area (Å²) in [5.41, 5.74) is -4.35. The molecule has 0 saturated carbocycles. The normalized spacial score (nSPS) is 31.4. The van der Waals surface area contributed by atoms with Crippen molar-refractivity contribution in [1.29, 1.82) is 0 Å². The highest BCUT2D eigenvalue weighted by molar-refractivity contribution is 5.83. The first-order chi connectivity index (χ1) is 9.66. The Bertz CT molecular complexity index is 639. The van der Waals surface area contributed by atoms with Gasteiger partial charge in [0.2, 0.25) is 11.5 Å². The van der Waals surface area contributed by atoms with Gasteiger partial charge in [-0.15, -0.1) is 4.57 Å². The van der Waals surface area contributed by atoms with Crippen LogP contribution in [0.3, 0.4) is 0 Å². The molecule has 2 rings (SSSR count). The molecule has 3 atom stereocenters. The monoisotopic (exact) mass is 298 g/mol. The molecule has 0 unspecified atom stereocenters. The summed E-state index contributed by atoms with van der Waals surface area (Å²) in [5.74, 6) is -1.17. The summed E-state index contributed by atoms with van der Waals surface area (Å²) in [7, 11) is 0. The predicted octanol–water partition coefficient (Wildman–Crippen LogP) is -1.16. The minimum Gasteiger partial charge on any atom is -0.479 e. The Morgan fingerprint density at radius 3 is 2.67 bits per heavy atom. The zero-order valence-electron chi connectivity index (χ0n) is 12.2. The topological polar surface area (TPSA) is 116 Å². The summed E-state index contributed by atoms with van der Waals surface area (Å²) in [6.45, 7) is 4.85. The summed E-state index contributed by atoms with van der Waals surface area (Å²) < 4.78 is 2.38. The molecule has 0 amide bonds. The largest absolute Gasteiger partial charge is 0.502 e. The fourth-order valence-corrected chi connectivity index (χ4v) is 2.65. The SMILES string of the molecule is CCC[n+]1ccc2n(c1=O)[C@](C)(O)[C@@H](O)[C@@](C)(C(=O)O)N2. The summed E-state index contributed by atoms with van der Waals surface area (Å²) >= 11 is 0. The van der Waals surface area contributed by atoms with Gasteiger partial charge < -0.3 is 20.6 Å². The van der Waals surface area contributed by atoms with E-state index in [1.54, 1.807) is 0 Å². The van der Waals surface area contributed by atoms with Crippen LogP contribution in [0.2, 0.25) is 0 Å². The molecule has 0 radical (unpaired) electrons. The van der Waals surface area contributed by atoms with Gasteiger partial charge in [0.15, 0.2) is 11.6 Å². The fourth-order valence-electron chi connectivity index (χ4n) is 2.65. The molecular formula is C13H20N3O5+. The highest BCUT2D eigenvalue weighted by Gasteiger charge is 2.59. The number of carboxylic acids is 1. The van der Waals surface area contributed by atoms with Crippen molar-refractivity contribution < 1.29 is 24.7 Å². The van der Waals surface area contributed by atoms with Gasteiger partial charge in [-0.2, -0.15) is 9.36 Å². The second-order valence-corrected chi connectivity index (χ2v) is 5.64. The van der Waals surface area contributed by atoms with Crippen molar-refractivity contribution >= 4 is 11.8 Å². The highest BCUT2D eigenvalue weighted by atomic mass is 16.4. The van der Waals surface area contributed by atoms with Crippen LogP contribution in [0.1, 0.15) is 27.2 Å². The maximum atomic E-state index is 12.4. The molecule has 116 valence electrons. The van der Waals surface area contributed by atoms with Gasteiger partial charge in [0.25, 0.3) is 0 Å². The molecule has 0 bridgehead atoms. The number of carboxylic acid groups (broad SMARTS) is 1. The number of aryl methyl sites for hydroxylation is 1. The van der Waals surface area contributed by atoms with Gasteiger partial charge in [0.05, 0.1) is 12.7 Å². The van der Waals surface area contributed by atoms with Gasteiger partial charge >= 0.3 is 11.7 Å². The van der Waals surface area contributed by atoms with Crippen LogP contribution in [0, 0.1) is 0 Å². The third-order valence-electron chi connectivity index (χ3n) is 3.90. The average Bonchev–Trinajstić information content (AvgIpc) is 2.39. The third kappa shape index (κ3) is 2.11. The molecule has 0 fully saturated rings. The number of hydrogen-bond acceptors (Lipinski definition) is 5. The number of anilines is 1. The number of carbonyl (C=O) groups is 1. The van der Waals surface area contributed by atoms with Crippen molar-refractivity contribution in [2.24, 2.45) is 0 Å². The van der Waals surface area contributed by atoms with Gasteiger partial charge in [-0.3, -0.25) is 0 Å². The molecule has 1 aromatic heterocycles. The second kappa shape index (κ2) is 4.81. The smallest absolute Gasteiger partial charge is 0.479 e. The van der Waals surface area contributed by atoms with E-state index in [4.69, 9.17) is 0 Å². The van der Waals surface area contributed by atoms with Crippen LogP contribution in [0.5, 0.6) is 0 Å². The average molecular weight is 298 g/mol. The van der Waals surface area contributed by atoms with Crippen LogP contribution in [-0.4, -0.2) is 37.5 Å². The van der Waals surface area contributed by atoms with Crippen LogP contribution in [-0.2, 0) is 17.1 Å². The quantitative estimate of drug-likeness (QED) is 0.523. The molecule has 0 aliphatic carbocycles. The van der Waals surface area contributed by atoms with E-state index in [2.05, 4.69) is 5.32 Å². The van der Waals surface area contributed by atoms with E-state index < -0.39 is 29.0 Å². The van der Waals surface area contributed by atoms with Crippen LogP contribution < -0.4 is 15.6 Å². The maximum Gasteiger partial charge on any atom is 0.502 e. The first-order valence-electron chi connectivity index (χ1n) is 6.74. The summed E-state index contributed by atoms with van der Waals surface area (Å²) in [5, 5.41) is 32.7. The lowest BCUT2D eigenvalue weighted by Gasteiger charge is -2.42. The Labute approximate surface area is 121 Å². The number of fused-ring (bicyclic) bond motifs is 1. The molecule has 0 aromatic carbocycles. The molecule has 8 heteroatoms. The summed E-state index contributed by atoms with van der Waals surface area (Å²) in [6, 6.07) is 1.51. The van der Waals surface area contributed by atoms with Gasteiger partial charge in [-0.25, -0.2) is 4.79 Å². The number of aliphatic hydroxyl groups is 2. The van der Waals surface area contributed by atoms with Crippen LogP contribution in [0.25, 0.3) is 0 Å². The zero-order chi connectivity index (χ0) is 16.0. The lowest BCUT2D eigenvalue weighted by molar-refractivity contribution is -0.716. The summed E-state index contributed by atoms with van der Waals surface area (Å²) in [6.07, 6.45) is 0.551. The van der Waals surface area contributed by atoms with Crippen molar-refractivity contribution in [3.05, 3.63) is 22.7 Å². The Morgan fingerprint density at radius 2 is 2.14 bits per heavy atom. The molecule has 1 aliphatic heterocycles.